The Labute approximate surface area is 185 Å². The Balaban J connectivity index is 1.50. The first kappa shape index (κ1) is 23.2. The molecule has 3 rings (SSSR count). The van der Waals surface area contributed by atoms with E-state index in [0.29, 0.717) is 32.2 Å². The molecule has 2 aromatic rings. The highest BCUT2D eigenvalue weighted by Crippen LogP contribution is 2.14. The number of hydrogen-bond acceptors (Lipinski definition) is 4. The second-order valence-corrected chi connectivity index (χ2v) is 9.30. The molecule has 0 saturated carbocycles. The molecule has 168 valence electrons. The van der Waals surface area contributed by atoms with Crippen molar-refractivity contribution in [3.05, 3.63) is 65.2 Å². The molecule has 8 heteroatoms. The van der Waals surface area contributed by atoms with Gasteiger partial charge in [-0.25, -0.2) is 13.1 Å². The highest BCUT2D eigenvalue weighted by atomic mass is 32.2. The second kappa shape index (κ2) is 11.3. The number of hydrogen-bond donors (Lipinski definition) is 3. The van der Waals surface area contributed by atoms with Crippen LogP contribution in [-0.4, -0.2) is 40.7 Å². The highest BCUT2D eigenvalue weighted by Gasteiger charge is 2.20. The highest BCUT2D eigenvalue weighted by molar-refractivity contribution is 7.89. The number of aliphatic imine (C=N–C) groups is 1. The topological polar surface area (TPSA) is 91.8 Å². The van der Waals surface area contributed by atoms with Crippen molar-refractivity contribution in [1.82, 2.24) is 15.4 Å². The largest absolute Gasteiger partial charge is 0.377 e. The fourth-order valence-corrected chi connectivity index (χ4v) is 4.60. The summed E-state index contributed by atoms with van der Waals surface area (Å²) in [4.78, 5) is 4.53. The average molecular weight is 445 g/mol. The minimum absolute atomic E-state index is 0.0261. The molecule has 2 aromatic carbocycles. The van der Waals surface area contributed by atoms with Crippen LogP contribution in [0, 0.1) is 0 Å². The predicted molar refractivity (Wildman–Crippen MR) is 123 cm³/mol. The molecule has 1 aliphatic rings. The molecule has 1 saturated heterocycles. The molecule has 7 nitrogen and oxygen atoms in total. The van der Waals surface area contributed by atoms with E-state index in [4.69, 9.17) is 4.74 Å². The van der Waals surface area contributed by atoms with Crippen molar-refractivity contribution in [3.63, 3.8) is 0 Å². The molecule has 1 unspecified atom stereocenters. The van der Waals surface area contributed by atoms with Crippen LogP contribution in [0.2, 0.25) is 0 Å². The van der Waals surface area contributed by atoms with Crippen LogP contribution in [0.1, 0.15) is 36.5 Å². The molecule has 3 N–H and O–H groups in total. The van der Waals surface area contributed by atoms with Crippen molar-refractivity contribution in [3.8, 4) is 0 Å². The lowest BCUT2D eigenvalue weighted by Gasteiger charge is -2.14. The van der Waals surface area contributed by atoms with Crippen LogP contribution in [0.3, 0.4) is 0 Å². The first-order valence-electron chi connectivity index (χ1n) is 10.7. The van der Waals surface area contributed by atoms with Gasteiger partial charge in [-0.3, -0.25) is 4.99 Å². The Morgan fingerprint density at radius 3 is 2.42 bits per heavy atom. The van der Waals surface area contributed by atoms with Gasteiger partial charge in [0.15, 0.2) is 5.96 Å². The molecule has 1 heterocycles. The van der Waals surface area contributed by atoms with Crippen molar-refractivity contribution in [1.29, 1.82) is 0 Å². The molecule has 0 aliphatic carbocycles. The number of rotatable bonds is 9. The number of guanidine groups is 1. The lowest BCUT2D eigenvalue weighted by atomic mass is 10.1. The molecule has 0 radical (unpaired) electrons. The molecule has 1 aliphatic heterocycles. The maximum Gasteiger partial charge on any atom is 0.240 e. The van der Waals surface area contributed by atoms with Crippen LogP contribution in [0.5, 0.6) is 0 Å². The zero-order chi connectivity index (χ0) is 22.1. The van der Waals surface area contributed by atoms with E-state index in [-0.39, 0.29) is 11.0 Å². The van der Waals surface area contributed by atoms with E-state index in [0.717, 1.165) is 24.8 Å². The number of benzene rings is 2. The Hall–Kier alpha value is -2.42. The van der Waals surface area contributed by atoms with Gasteiger partial charge in [-0.1, -0.05) is 43.3 Å². The summed E-state index contributed by atoms with van der Waals surface area (Å²) in [6.45, 7) is 4.40. The molecular formula is C23H32N4O3S. The van der Waals surface area contributed by atoms with Gasteiger partial charge in [0.25, 0.3) is 0 Å². The summed E-state index contributed by atoms with van der Waals surface area (Å²) in [5.41, 5.74) is 3.53. The van der Waals surface area contributed by atoms with Gasteiger partial charge in [-0.2, -0.15) is 0 Å². The third kappa shape index (κ3) is 6.78. The Morgan fingerprint density at radius 2 is 1.77 bits per heavy atom. The van der Waals surface area contributed by atoms with E-state index in [1.54, 1.807) is 19.2 Å². The van der Waals surface area contributed by atoms with Crippen LogP contribution >= 0.6 is 0 Å². The fourth-order valence-electron chi connectivity index (χ4n) is 3.54. The molecule has 1 atom stereocenters. The lowest BCUT2D eigenvalue weighted by molar-refractivity contribution is 0.114. The summed E-state index contributed by atoms with van der Waals surface area (Å²) in [7, 11) is -1.80. The molecule has 0 bridgehead atoms. The standard InChI is InChI=1S/C23H32N4O3S/c1-3-19-7-4-5-8-20(19)16-26-23(24-2)25-15-18-10-12-22(13-11-18)31(28,29)27-17-21-9-6-14-30-21/h4-5,7-8,10-13,21,27H,3,6,9,14-17H2,1-2H3,(H2,24,25,26). The Bertz CT molecular complexity index is 969. The van der Waals surface area contributed by atoms with E-state index in [2.05, 4.69) is 45.5 Å². The molecular weight excluding hydrogens is 412 g/mol. The summed E-state index contributed by atoms with van der Waals surface area (Å²) in [6.07, 6.45) is 2.84. The maximum atomic E-state index is 12.5. The van der Waals surface area contributed by atoms with Crippen LogP contribution in [0.25, 0.3) is 0 Å². The number of nitrogens with one attached hydrogen (secondary N) is 3. The van der Waals surface area contributed by atoms with Gasteiger partial charge >= 0.3 is 0 Å². The van der Waals surface area contributed by atoms with Gasteiger partial charge < -0.3 is 15.4 Å². The maximum absolute atomic E-state index is 12.5. The molecule has 0 aromatic heterocycles. The van der Waals surface area contributed by atoms with Crippen molar-refractivity contribution in [2.24, 2.45) is 4.99 Å². The minimum atomic E-state index is -3.53. The smallest absolute Gasteiger partial charge is 0.240 e. The third-order valence-electron chi connectivity index (χ3n) is 5.39. The van der Waals surface area contributed by atoms with Crippen LogP contribution in [-0.2, 0) is 34.3 Å². The Morgan fingerprint density at radius 1 is 1.06 bits per heavy atom. The molecule has 31 heavy (non-hydrogen) atoms. The summed E-state index contributed by atoms with van der Waals surface area (Å²) >= 11 is 0. The number of nitrogens with zero attached hydrogens (tertiary/aromatic N) is 1. The second-order valence-electron chi connectivity index (χ2n) is 7.53. The van der Waals surface area contributed by atoms with E-state index < -0.39 is 10.0 Å². The zero-order valence-corrected chi connectivity index (χ0v) is 19.0. The number of aryl methyl sites for hydroxylation is 1. The van der Waals surface area contributed by atoms with E-state index in [1.165, 1.54) is 11.1 Å². The number of ether oxygens (including phenoxy) is 1. The van der Waals surface area contributed by atoms with Crippen molar-refractivity contribution in [2.75, 3.05) is 20.2 Å². The van der Waals surface area contributed by atoms with E-state index in [9.17, 15) is 8.42 Å². The van der Waals surface area contributed by atoms with Gasteiger partial charge in [0.1, 0.15) is 0 Å². The average Bonchev–Trinajstić information content (AvgIpc) is 3.32. The minimum Gasteiger partial charge on any atom is -0.377 e. The fraction of sp³-hybridized carbons (Fsp3) is 0.435. The third-order valence-corrected chi connectivity index (χ3v) is 6.83. The van der Waals surface area contributed by atoms with Gasteiger partial charge in [0.05, 0.1) is 11.0 Å². The van der Waals surface area contributed by atoms with Gasteiger partial charge in [0.2, 0.25) is 10.0 Å². The van der Waals surface area contributed by atoms with Crippen LogP contribution in [0.4, 0.5) is 0 Å². The summed E-state index contributed by atoms with van der Waals surface area (Å²) < 4.78 is 33.1. The summed E-state index contributed by atoms with van der Waals surface area (Å²) in [5, 5.41) is 6.60. The number of sulfonamides is 1. The van der Waals surface area contributed by atoms with Crippen LogP contribution in [0.15, 0.2) is 58.4 Å². The van der Waals surface area contributed by atoms with Crippen molar-refractivity contribution in [2.45, 2.75) is 50.3 Å². The zero-order valence-electron chi connectivity index (χ0n) is 18.2. The molecule has 0 spiro atoms. The monoisotopic (exact) mass is 444 g/mol. The van der Waals surface area contributed by atoms with Gasteiger partial charge in [-0.05, 0) is 48.1 Å². The van der Waals surface area contributed by atoms with E-state index in [1.807, 2.05) is 18.2 Å². The Kier molecular flexibility index (Phi) is 8.45. The van der Waals surface area contributed by atoms with E-state index >= 15 is 0 Å². The molecule has 1 fully saturated rings. The first-order valence-corrected chi connectivity index (χ1v) is 12.2. The molecule has 0 amide bonds. The van der Waals surface area contributed by atoms with Gasteiger partial charge in [0, 0.05) is 33.3 Å². The normalized spacial score (nSPS) is 17.0. The summed E-state index contributed by atoms with van der Waals surface area (Å²) in [5.74, 6) is 0.695. The van der Waals surface area contributed by atoms with Gasteiger partial charge in [-0.15, -0.1) is 0 Å². The first-order chi connectivity index (χ1) is 15.0. The SMILES string of the molecule is CCc1ccccc1CNC(=NC)NCc1ccc(S(=O)(=O)NCC2CCCO2)cc1. The lowest BCUT2D eigenvalue weighted by Crippen LogP contribution is -2.36. The van der Waals surface area contributed by atoms with Crippen LogP contribution < -0.4 is 15.4 Å². The quantitative estimate of drug-likeness (QED) is 0.408. The van der Waals surface area contributed by atoms with Crippen molar-refractivity contribution >= 4 is 16.0 Å². The van der Waals surface area contributed by atoms with Crippen molar-refractivity contribution < 1.29 is 13.2 Å². The predicted octanol–water partition coefficient (Wildman–Crippen LogP) is 2.57. The summed E-state index contributed by atoms with van der Waals surface area (Å²) in [6, 6.07) is 15.2.